The number of carbonyl (C=O) groups is 4. The maximum Gasteiger partial charge on any atom is 0.313 e. The number of esters is 1. The molecule has 0 radical (unpaired) electrons. The van der Waals surface area contributed by atoms with Gasteiger partial charge in [0.15, 0.2) is 0 Å². The van der Waals surface area contributed by atoms with Crippen LogP contribution in [0.4, 0.5) is 5.69 Å². The van der Waals surface area contributed by atoms with Crippen LogP contribution in [0, 0.1) is 31.6 Å². The minimum absolute atomic E-state index is 0.0543. The summed E-state index contributed by atoms with van der Waals surface area (Å²) < 4.78 is 18.6. The van der Waals surface area contributed by atoms with Crippen LogP contribution in [0.3, 0.4) is 0 Å². The lowest BCUT2D eigenvalue weighted by Crippen LogP contribution is -2.59. The first kappa shape index (κ1) is 39.9. The summed E-state index contributed by atoms with van der Waals surface area (Å²) in [6, 6.07) is 12.4. The van der Waals surface area contributed by atoms with Gasteiger partial charge in [-0.15, -0.1) is 13.2 Å². The van der Waals surface area contributed by atoms with Gasteiger partial charge in [0.2, 0.25) is 11.8 Å². The maximum atomic E-state index is 15.2. The summed E-state index contributed by atoms with van der Waals surface area (Å²) in [5, 5.41) is 13.7. The number of hydrogen-bond acceptors (Lipinski definition) is 8. The minimum Gasteiger partial charge on any atom is -0.455 e. The highest BCUT2D eigenvalue weighted by Gasteiger charge is 2.76. The number of para-hydroxylation sites is 1. The van der Waals surface area contributed by atoms with Gasteiger partial charge in [0.05, 0.1) is 43.2 Å². The van der Waals surface area contributed by atoms with E-state index in [1.165, 1.54) is 12.0 Å². The molecular formula is C42H55N3O8. The van der Waals surface area contributed by atoms with E-state index in [4.69, 9.17) is 14.2 Å². The molecule has 5 rings (SSSR count). The highest BCUT2D eigenvalue weighted by atomic mass is 16.6. The van der Waals surface area contributed by atoms with Crippen molar-refractivity contribution >= 4 is 29.4 Å². The summed E-state index contributed by atoms with van der Waals surface area (Å²) >= 11 is 0. The zero-order valence-electron chi connectivity index (χ0n) is 31.7. The summed E-state index contributed by atoms with van der Waals surface area (Å²) in [5.74, 6) is -3.60. The predicted octanol–water partition coefficient (Wildman–Crippen LogP) is 4.99. The average molecular weight is 730 g/mol. The van der Waals surface area contributed by atoms with Crippen molar-refractivity contribution in [2.45, 2.75) is 95.7 Å². The van der Waals surface area contributed by atoms with Crippen molar-refractivity contribution in [3.05, 3.63) is 90.5 Å². The molecule has 3 heterocycles. The Labute approximate surface area is 313 Å². The highest BCUT2D eigenvalue weighted by Crippen LogP contribution is 2.59. The molecule has 0 aliphatic carbocycles. The van der Waals surface area contributed by atoms with Crippen LogP contribution in [-0.2, 0) is 33.4 Å². The summed E-state index contributed by atoms with van der Waals surface area (Å²) in [5.41, 5.74) is 1.82. The van der Waals surface area contributed by atoms with Crippen LogP contribution in [0.5, 0.6) is 0 Å². The Kier molecular flexibility index (Phi) is 13.0. The lowest BCUT2D eigenvalue weighted by atomic mass is 9.70. The van der Waals surface area contributed by atoms with Gasteiger partial charge in [-0.1, -0.05) is 74.5 Å². The summed E-state index contributed by atoms with van der Waals surface area (Å²) in [4.78, 5) is 60.8. The maximum absolute atomic E-state index is 15.2. The molecule has 3 saturated heterocycles. The van der Waals surface area contributed by atoms with Gasteiger partial charge in [0, 0.05) is 25.8 Å². The van der Waals surface area contributed by atoms with Gasteiger partial charge in [-0.05, 0) is 62.1 Å². The summed E-state index contributed by atoms with van der Waals surface area (Å²) in [6.45, 7) is 15.4. The Bertz CT molecular complexity index is 1640. The van der Waals surface area contributed by atoms with Crippen molar-refractivity contribution < 1.29 is 38.5 Å². The molecule has 53 heavy (non-hydrogen) atoms. The Morgan fingerprint density at radius 2 is 1.79 bits per heavy atom. The lowest BCUT2D eigenvalue weighted by molar-refractivity contribution is -0.163. The van der Waals surface area contributed by atoms with Crippen molar-refractivity contribution in [1.29, 1.82) is 0 Å². The van der Waals surface area contributed by atoms with Crippen molar-refractivity contribution in [3.8, 4) is 0 Å². The number of methoxy groups -OCH3 is 1. The third-order valence-electron chi connectivity index (χ3n) is 10.9. The Morgan fingerprint density at radius 3 is 2.40 bits per heavy atom. The number of anilines is 1. The summed E-state index contributed by atoms with van der Waals surface area (Å²) in [6.07, 6.45) is 3.64. The number of aliphatic hydroxyl groups is 1. The lowest BCUT2D eigenvalue weighted by Gasteiger charge is -2.40. The quantitative estimate of drug-likeness (QED) is 0.162. The highest BCUT2D eigenvalue weighted by molar-refractivity contribution is 6.05. The number of ether oxygens (including phenoxy) is 3. The van der Waals surface area contributed by atoms with Crippen LogP contribution < -0.4 is 10.2 Å². The van der Waals surface area contributed by atoms with Crippen molar-refractivity contribution in [3.63, 3.8) is 0 Å². The molecule has 11 nitrogen and oxygen atoms in total. The van der Waals surface area contributed by atoms with Crippen LogP contribution in [0.15, 0.2) is 73.8 Å². The van der Waals surface area contributed by atoms with Gasteiger partial charge < -0.3 is 34.4 Å². The van der Waals surface area contributed by atoms with E-state index in [-0.39, 0.29) is 43.9 Å². The number of likely N-dealkylation sites (tertiary alicyclic amines) is 1. The predicted molar refractivity (Wildman–Crippen MR) is 202 cm³/mol. The van der Waals surface area contributed by atoms with E-state index < -0.39 is 59.6 Å². The fourth-order valence-corrected chi connectivity index (χ4v) is 8.78. The van der Waals surface area contributed by atoms with E-state index in [1.54, 1.807) is 17.1 Å². The number of aryl methyl sites for hydroxylation is 2. The first-order valence-corrected chi connectivity index (χ1v) is 18.7. The topological polar surface area (TPSA) is 135 Å². The molecule has 286 valence electrons. The Hall–Kier alpha value is -4.32. The van der Waals surface area contributed by atoms with Crippen LogP contribution in [-0.4, -0.2) is 90.4 Å². The smallest absolute Gasteiger partial charge is 0.313 e. The number of hydrogen-bond donors (Lipinski definition) is 2. The van der Waals surface area contributed by atoms with Gasteiger partial charge in [0.25, 0.3) is 5.91 Å². The molecule has 2 bridgehead atoms. The number of nitrogens with zero attached hydrogens (tertiary/aromatic N) is 2. The molecule has 0 aromatic heterocycles. The molecular weight excluding hydrogens is 674 g/mol. The molecule has 1 spiro atoms. The molecule has 3 fully saturated rings. The normalized spacial score (nSPS) is 24.7. The molecule has 2 aromatic rings. The molecule has 3 aliphatic heterocycles. The van der Waals surface area contributed by atoms with Gasteiger partial charge in [0.1, 0.15) is 17.7 Å². The van der Waals surface area contributed by atoms with E-state index in [9.17, 15) is 19.5 Å². The number of carbonyl (C=O) groups excluding carboxylic acids is 4. The molecule has 8 atom stereocenters. The number of nitrogens with one attached hydrogen (secondary N) is 1. The van der Waals surface area contributed by atoms with Crippen LogP contribution in [0.25, 0.3) is 0 Å². The van der Waals surface area contributed by atoms with E-state index in [0.29, 0.717) is 31.2 Å². The van der Waals surface area contributed by atoms with E-state index in [2.05, 4.69) is 18.5 Å². The van der Waals surface area contributed by atoms with Gasteiger partial charge in [-0.25, -0.2) is 0 Å². The van der Waals surface area contributed by atoms with Crippen molar-refractivity contribution in [1.82, 2.24) is 10.2 Å². The monoisotopic (exact) mass is 729 g/mol. The van der Waals surface area contributed by atoms with Crippen LogP contribution in [0.2, 0.25) is 0 Å². The van der Waals surface area contributed by atoms with E-state index in [1.807, 2.05) is 76.2 Å². The number of fused-ring (bicyclic) bond motifs is 1. The number of aliphatic hydroxyl groups excluding tert-OH is 1. The van der Waals surface area contributed by atoms with Crippen LogP contribution in [0.1, 0.15) is 68.7 Å². The zero-order chi connectivity index (χ0) is 38.4. The van der Waals surface area contributed by atoms with Gasteiger partial charge in [-0.2, -0.15) is 0 Å². The summed E-state index contributed by atoms with van der Waals surface area (Å²) in [7, 11) is 1.51. The van der Waals surface area contributed by atoms with Crippen molar-refractivity contribution in [2.24, 2.45) is 17.8 Å². The largest absolute Gasteiger partial charge is 0.455 e. The number of allylic oxidation sites excluding steroid dienone is 1. The first-order chi connectivity index (χ1) is 25.4. The molecule has 11 heteroatoms. The van der Waals surface area contributed by atoms with E-state index in [0.717, 1.165) is 16.8 Å². The molecule has 2 N–H and O–H groups in total. The van der Waals surface area contributed by atoms with Gasteiger partial charge >= 0.3 is 5.97 Å². The third-order valence-corrected chi connectivity index (χ3v) is 10.9. The zero-order valence-corrected chi connectivity index (χ0v) is 31.7. The molecule has 0 saturated carbocycles. The van der Waals surface area contributed by atoms with Crippen molar-refractivity contribution in [2.75, 3.05) is 31.8 Å². The Balaban J connectivity index is 1.56. The number of benzene rings is 2. The SMILES string of the molecule is C=CCCC(=O)N[C@@H](COC)[C@@H](OC(=O)[C@@H]1[C@@H]2CC[C@]3(O2)[C@H](C(=O)N(CC=C)c2c(C)cccc2C)N([C@@H](CO)CC(C)C)C(=O)[C@@H]13)c1ccccc1. The molecule has 3 amide bonds. The fraction of sp³-hybridized carbons (Fsp3) is 0.524. The second-order valence-electron chi connectivity index (χ2n) is 15.0. The van der Waals surface area contributed by atoms with Gasteiger partial charge in [-0.3, -0.25) is 19.2 Å². The van der Waals surface area contributed by atoms with Crippen LogP contribution >= 0.6 is 0 Å². The second kappa shape index (κ2) is 17.2. The number of amides is 3. The minimum atomic E-state index is -1.32. The second-order valence-corrected chi connectivity index (χ2v) is 15.0. The van der Waals surface area contributed by atoms with E-state index >= 15 is 4.79 Å². The first-order valence-electron chi connectivity index (χ1n) is 18.7. The molecule has 3 aliphatic rings. The average Bonchev–Trinajstić information content (AvgIpc) is 3.78. The Morgan fingerprint density at radius 1 is 1.09 bits per heavy atom. The third kappa shape index (κ3) is 7.84. The standard InChI is InChI=1S/C42H55N3O8/c1-8-10-19-33(47)43-31(25-51-7)37(29-17-12-11-13-18-29)52-41(50)34-32-20-21-42(53-32)35(34)39(48)45(30(24-46)23-26(3)4)38(42)40(49)44(22-9-2)36-27(5)15-14-16-28(36)6/h8-9,11-18,26,30-32,34-35,37-38,46H,1-2,10,19-25H2,3-7H3,(H,43,47)/t30-,31+,32+,34-,35-,37+,38+,42-/m1/s1. The number of rotatable bonds is 18. The molecule has 0 unspecified atom stereocenters. The fourth-order valence-electron chi connectivity index (χ4n) is 8.78. The molecule has 2 aromatic carbocycles.